The summed E-state index contributed by atoms with van der Waals surface area (Å²) < 4.78 is 5.74. The van der Waals surface area contributed by atoms with E-state index in [4.69, 9.17) is 11.6 Å². The molecule has 0 spiro atoms. The minimum absolute atomic E-state index is 0.197. The van der Waals surface area contributed by atoms with Crippen LogP contribution in [0.25, 0.3) is 0 Å². The lowest BCUT2D eigenvalue weighted by molar-refractivity contribution is -0.116. The Hall–Kier alpha value is -2.60. The third-order valence-electron chi connectivity index (χ3n) is 3.18. The van der Waals surface area contributed by atoms with Crippen LogP contribution in [0.4, 0.5) is 5.69 Å². The summed E-state index contributed by atoms with van der Waals surface area (Å²) in [4.78, 5) is 35.4. The van der Waals surface area contributed by atoms with Crippen molar-refractivity contribution in [3.05, 3.63) is 63.0 Å². The summed E-state index contributed by atoms with van der Waals surface area (Å²) in [5.41, 5.74) is 1.22. The maximum Gasteiger partial charge on any atom is 0.339 e. The first-order chi connectivity index (χ1) is 10.9. The van der Waals surface area contributed by atoms with Gasteiger partial charge in [-0.3, -0.25) is 9.59 Å². The van der Waals surface area contributed by atoms with Crippen molar-refractivity contribution in [1.82, 2.24) is 4.57 Å². The molecule has 0 aliphatic rings. The molecule has 0 aliphatic carbocycles. The van der Waals surface area contributed by atoms with Gasteiger partial charge >= 0.3 is 5.97 Å². The van der Waals surface area contributed by atoms with Crippen LogP contribution in [0.5, 0.6) is 0 Å². The molecule has 0 bridgehead atoms. The number of halogens is 1. The van der Waals surface area contributed by atoms with E-state index >= 15 is 0 Å². The number of pyridine rings is 1. The van der Waals surface area contributed by atoms with Gasteiger partial charge in [0.2, 0.25) is 5.91 Å². The van der Waals surface area contributed by atoms with Crippen LogP contribution in [0.1, 0.15) is 15.9 Å². The number of hydrogen-bond acceptors (Lipinski definition) is 4. The maximum atomic E-state index is 12.1. The molecule has 1 N–H and O–H groups in total. The Morgan fingerprint density at radius 3 is 2.65 bits per heavy atom. The van der Waals surface area contributed by atoms with E-state index in [1.165, 1.54) is 25.4 Å². The van der Waals surface area contributed by atoms with Gasteiger partial charge in [-0.2, -0.15) is 0 Å². The number of hydrogen-bond donors (Lipinski definition) is 1. The number of aromatic nitrogens is 1. The van der Waals surface area contributed by atoms with E-state index in [1.807, 2.05) is 6.92 Å². The van der Waals surface area contributed by atoms with Crippen LogP contribution >= 0.6 is 11.6 Å². The molecule has 0 saturated carbocycles. The van der Waals surface area contributed by atoms with Gasteiger partial charge in [-0.1, -0.05) is 11.6 Å². The Morgan fingerprint density at radius 2 is 2.00 bits per heavy atom. The molecule has 0 unspecified atom stereocenters. The van der Waals surface area contributed by atoms with Gasteiger partial charge in [-0.25, -0.2) is 4.79 Å². The molecule has 2 rings (SSSR count). The predicted octanol–water partition coefficient (Wildman–Crippen LogP) is 2.24. The summed E-state index contributed by atoms with van der Waals surface area (Å²) in [7, 11) is 1.24. The third-order valence-corrected chi connectivity index (χ3v) is 3.42. The van der Waals surface area contributed by atoms with Crippen molar-refractivity contribution in [3.63, 3.8) is 0 Å². The molecule has 0 atom stereocenters. The SMILES string of the molecule is COC(=O)c1ccc(=O)n(CC(=O)Nc2ccc(Cl)cc2C)c1. The summed E-state index contributed by atoms with van der Waals surface area (Å²) in [6, 6.07) is 7.64. The number of ether oxygens (including phenoxy) is 1. The second kappa shape index (κ2) is 7.11. The van der Waals surface area contributed by atoms with E-state index in [9.17, 15) is 14.4 Å². The van der Waals surface area contributed by atoms with E-state index in [2.05, 4.69) is 10.1 Å². The number of methoxy groups -OCH3 is 1. The number of nitrogens with zero attached hydrogens (tertiary/aromatic N) is 1. The molecular weight excluding hydrogens is 320 g/mol. The lowest BCUT2D eigenvalue weighted by Gasteiger charge is -2.10. The zero-order valence-corrected chi connectivity index (χ0v) is 13.4. The number of aryl methyl sites for hydroxylation is 1. The number of esters is 1. The van der Waals surface area contributed by atoms with Crippen molar-refractivity contribution in [3.8, 4) is 0 Å². The zero-order valence-electron chi connectivity index (χ0n) is 12.6. The van der Waals surface area contributed by atoms with Crippen molar-refractivity contribution in [1.29, 1.82) is 0 Å². The fourth-order valence-corrected chi connectivity index (χ4v) is 2.23. The maximum absolute atomic E-state index is 12.1. The molecule has 0 aliphatic heterocycles. The van der Waals surface area contributed by atoms with Crippen LogP contribution in [0, 0.1) is 6.92 Å². The minimum Gasteiger partial charge on any atom is -0.465 e. The molecule has 120 valence electrons. The number of rotatable bonds is 4. The van der Waals surface area contributed by atoms with Crippen molar-refractivity contribution in [2.24, 2.45) is 0 Å². The van der Waals surface area contributed by atoms with Crippen LogP contribution in [0.15, 0.2) is 41.3 Å². The second-order valence-corrected chi connectivity index (χ2v) is 5.32. The minimum atomic E-state index is -0.576. The largest absolute Gasteiger partial charge is 0.465 e. The van der Waals surface area contributed by atoms with Gasteiger partial charge in [0.25, 0.3) is 5.56 Å². The Labute approximate surface area is 137 Å². The van der Waals surface area contributed by atoms with Gasteiger partial charge in [-0.15, -0.1) is 0 Å². The van der Waals surface area contributed by atoms with Crippen LogP contribution in [-0.2, 0) is 16.1 Å². The number of carbonyl (C=O) groups is 2. The fraction of sp³-hybridized carbons (Fsp3) is 0.188. The number of amides is 1. The molecule has 0 radical (unpaired) electrons. The highest BCUT2D eigenvalue weighted by molar-refractivity contribution is 6.30. The molecule has 2 aromatic rings. The van der Waals surface area contributed by atoms with Gasteiger partial charge in [0, 0.05) is 23.0 Å². The Kier molecular flexibility index (Phi) is 5.18. The molecular formula is C16H15ClN2O4. The summed E-state index contributed by atoms with van der Waals surface area (Å²) in [5, 5.41) is 3.27. The quantitative estimate of drug-likeness (QED) is 0.870. The predicted molar refractivity (Wildman–Crippen MR) is 86.9 cm³/mol. The molecule has 1 heterocycles. The lowest BCUT2D eigenvalue weighted by atomic mass is 10.2. The van der Waals surface area contributed by atoms with Crippen LogP contribution in [0.2, 0.25) is 5.02 Å². The molecule has 23 heavy (non-hydrogen) atoms. The molecule has 1 aromatic heterocycles. The highest BCUT2D eigenvalue weighted by Gasteiger charge is 2.11. The first-order valence-corrected chi connectivity index (χ1v) is 7.13. The Morgan fingerprint density at radius 1 is 1.26 bits per heavy atom. The third kappa shape index (κ3) is 4.20. The van der Waals surface area contributed by atoms with Crippen molar-refractivity contribution in [2.45, 2.75) is 13.5 Å². The van der Waals surface area contributed by atoms with Crippen molar-refractivity contribution < 1.29 is 14.3 Å². The van der Waals surface area contributed by atoms with Crippen molar-refractivity contribution in [2.75, 3.05) is 12.4 Å². The average molecular weight is 335 g/mol. The first kappa shape index (κ1) is 16.8. The molecule has 0 saturated heterocycles. The Bertz CT molecular complexity index is 814. The highest BCUT2D eigenvalue weighted by Crippen LogP contribution is 2.19. The zero-order chi connectivity index (χ0) is 17.0. The number of nitrogens with one attached hydrogen (secondary N) is 1. The first-order valence-electron chi connectivity index (χ1n) is 6.75. The summed E-state index contributed by atoms with van der Waals surface area (Å²) >= 11 is 5.86. The van der Waals surface area contributed by atoms with Gasteiger partial charge in [0.05, 0.1) is 12.7 Å². The van der Waals surface area contributed by atoms with Crippen LogP contribution < -0.4 is 10.9 Å². The molecule has 7 heteroatoms. The Balaban J connectivity index is 2.17. The smallest absolute Gasteiger partial charge is 0.339 e. The second-order valence-electron chi connectivity index (χ2n) is 4.88. The van der Waals surface area contributed by atoms with Gasteiger partial charge < -0.3 is 14.6 Å². The van der Waals surface area contributed by atoms with Gasteiger partial charge in [0.15, 0.2) is 0 Å². The molecule has 0 fully saturated rings. The van der Waals surface area contributed by atoms with Gasteiger partial charge in [-0.05, 0) is 36.8 Å². The average Bonchev–Trinajstić information content (AvgIpc) is 2.51. The summed E-state index contributed by atoms with van der Waals surface area (Å²) in [6.07, 6.45) is 1.29. The van der Waals surface area contributed by atoms with E-state index in [0.29, 0.717) is 10.7 Å². The number of benzene rings is 1. The van der Waals surface area contributed by atoms with E-state index < -0.39 is 5.97 Å². The van der Waals surface area contributed by atoms with E-state index in [-0.39, 0.29) is 23.6 Å². The molecule has 6 nitrogen and oxygen atoms in total. The summed E-state index contributed by atoms with van der Waals surface area (Å²) in [6.45, 7) is 1.59. The number of carbonyl (C=O) groups excluding carboxylic acids is 2. The summed E-state index contributed by atoms with van der Waals surface area (Å²) in [5.74, 6) is -0.966. The lowest BCUT2D eigenvalue weighted by Crippen LogP contribution is -2.27. The normalized spacial score (nSPS) is 10.2. The van der Waals surface area contributed by atoms with E-state index in [0.717, 1.165) is 10.1 Å². The standard InChI is InChI=1S/C16H15ClN2O4/c1-10-7-12(17)4-5-13(10)18-14(20)9-19-8-11(16(22)23-2)3-6-15(19)21/h3-8H,9H2,1-2H3,(H,18,20). The monoisotopic (exact) mass is 334 g/mol. The van der Waals surface area contributed by atoms with E-state index in [1.54, 1.807) is 18.2 Å². The number of anilines is 1. The van der Waals surface area contributed by atoms with Crippen molar-refractivity contribution >= 4 is 29.2 Å². The highest BCUT2D eigenvalue weighted by atomic mass is 35.5. The van der Waals surface area contributed by atoms with Crippen LogP contribution in [-0.4, -0.2) is 23.6 Å². The molecule has 1 amide bonds. The molecule has 1 aromatic carbocycles. The fourth-order valence-electron chi connectivity index (χ4n) is 2.01. The topological polar surface area (TPSA) is 77.4 Å². The van der Waals surface area contributed by atoms with Crippen LogP contribution in [0.3, 0.4) is 0 Å². The van der Waals surface area contributed by atoms with Gasteiger partial charge in [0.1, 0.15) is 6.54 Å².